The highest BCUT2D eigenvalue weighted by Gasteiger charge is 2.18. The van der Waals surface area contributed by atoms with Crippen molar-refractivity contribution in [2.75, 3.05) is 0 Å². The Bertz CT molecular complexity index is 1370. The minimum Gasteiger partial charge on any atom is -0.488 e. The summed E-state index contributed by atoms with van der Waals surface area (Å²) in [5.74, 6) is -0.826. The summed E-state index contributed by atoms with van der Waals surface area (Å²) in [6, 6.07) is 20.4. The highest BCUT2D eigenvalue weighted by Crippen LogP contribution is 2.34. The predicted molar refractivity (Wildman–Crippen MR) is 136 cm³/mol. The van der Waals surface area contributed by atoms with Crippen molar-refractivity contribution in [3.05, 3.63) is 94.8 Å². The SMILES string of the molecule is CCC(O)Cn1nc(-c2cc(CC(=O)O)ccc2OCc2cccc(Cl)c2)cc1-c1cccc(F)c1. The van der Waals surface area contributed by atoms with Crippen molar-refractivity contribution >= 4 is 17.6 Å². The second kappa shape index (κ2) is 11.4. The van der Waals surface area contributed by atoms with E-state index in [1.54, 1.807) is 47.1 Å². The van der Waals surface area contributed by atoms with E-state index in [0.29, 0.717) is 45.3 Å². The van der Waals surface area contributed by atoms with Gasteiger partial charge in [-0.15, -0.1) is 0 Å². The molecule has 0 saturated carbocycles. The first kappa shape index (κ1) is 25.4. The van der Waals surface area contributed by atoms with Gasteiger partial charge in [0.05, 0.1) is 30.5 Å². The fraction of sp³-hybridized carbons (Fsp3) is 0.214. The van der Waals surface area contributed by atoms with Crippen LogP contribution in [0.2, 0.25) is 5.02 Å². The molecule has 186 valence electrons. The maximum atomic E-state index is 14.0. The number of hydrogen-bond donors (Lipinski definition) is 2. The number of carboxylic acid groups (broad SMARTS) is 1. The van der Waals surface area contributed by atoms with Gasteiger partial charge in [-0.1, -0.05) is 48.9 Å². The summed E-state index contributed by atoms with van der Waals surface area (Å²) < 4.78 is 21.8. The molecule has 0 saturated heterocycles. The van der Waals surface area contributed by atoms with E-state index < -0.39 is 12.1 Å². The number of aliphatic hydroxyl groups excluding tert-OH is 1. The number of halogens is 2. The Morgan fingerprint density at radius 3 is 2.61 bits per heavy atom. The summed E-state index contributed by atoms with van der Waals surface area (Å²) in [5, 5.41) is 24.9. The van der Waals surface area contributed by atoms with Crippen LogP contribution in [0.25, 0.3) is 22.5 Å². The van der Waals surface area contributed by atoms with Gasteiger partial charge in [0.2, 0.25) is 0 Å². The molecule has 2 N–H and O–H groups in total. The summed E-state index contributed by atoms with van der Waals surface area (Å²) >= 11 is 6.09. The van der Waals surface area contributed by atoms with E-state index in [1.807, 2.05) is 25.1 Å². The van der Waals surface area contributed by atoms with Crippen molar-refractivity contribution in [2.45, 2.75) is 39.0 Å². The zero-order valence-electron chi connectivity index (χ0n) is 19.7. The smallest absolute Gasteiger partial charge is 0.307 e. The highest BCUT2D eigenvalue weighted by atomic mass is 35.5. The molecule has 8 heteroatoms. The summed E-state index contributed by atoms with van der Waals surface area (Å²) in [4.78, 5) is 11.3. The molecule has 0 fully saturated rings. The first-order valence-electron chi connectivity index (χ1n) is 11.6. The van der Waals surface area contributed by atoms with Crippen LogP contribution < -0.4 is 4.74 Å². The summed E-state index contributed by atoms with van der Waals surface area (Å²) in [5.41, 5.74) is 3.81. The topological polar surface area (TPSA) is 84.6 Å². The maximum Gasteiger partial charge on any atom is 0.307 e. The van der Waals surface area contributed by atoms with Crippen molar-refractivity contribution in [1.82, 2.24) is 9.78 Å². The lowest BCUT2D eigenvalue weighted by Crippen LogP contribution is -2.16. The normalized spacial score (nSPS) is 11.9. The van der Waals surface area contributed by atoms with Crippen LogP contribution in [0.15, 0.2) is 72.8 Å². The first-order chi connectivity index (χ1) is 17.3. The minimum absolute atomic E-state index is 0.159. The molecule has 0 aliphatic heterocycles. The molecule has 1 atom stereocenters. The van der Waals surface area contributed by atoms with Crippen molar-refractivity contribution < 1.29 is 24.1 Å². The summed E-state index contributed by atoms with van der Waals surface area (Å²) in [6.45, 7) is 2.34. The van der Waals surface area contributed by atoms with Crippen LogP contribution in [0.4, 0.5) is 4.39 Å². The molecule has 0 amide bonds. The molecular formula is C28H26ClFN2O4. The number of carbonyl (C=O) groups is 1. The van der Waals surface area contributed by atoms with E-state index in [0.717, 1.165) is 5.56 Å². The van der Waals surface area contributed by atoms with Gasteiger partial charge in [0.15, 0.2) is 0 Å². The lowest BCUT2D eigenvalue weighted by Gasteiger charge is -2.13. The lowest BCUT2D eigenvalue weighted by molar-refractivity contribution is -0.136. The van der Waals surface area contributed by atoms with Crippen LogP contribution in [0.3, 0.4) is 0 Å². The molecule has 0 aliphatic carbocycles. The average Bonchev–Trinajstić information content (AvgIpc) is 3.26. The Morgan fingerprint density at radius 2 is 1.89 bits per heavy atom. The predicted octanol–water partition coefficient (Wildman–Crippen LogP) is 5.99. The molecule has 36 heavy (non-hydrogen) atoms. The molecule has 0 aliphatic rings. The highest BCUT2D eigenvalue weighted by molar-refractivity contribution is 6.30. The third kappa shape index (κ3) is 6.30. The number of aromatic nitrogens is 2. The van der Waals surface area contributed by atoms with Crippen LogP contribution in [0.5, 0.6) is 5.75 Å². The Morgan fingerprint density at radius 1 is 1.08 bits per heavy atom. The van der Waals surface area contributed by atoms with Gasteiger partial charge in [0.1, 0.15) is 18.2 Å². The monoisotopic (exact) mass is 508 g/mol. The summed E-state index contributed by atoms with van der Waals surface area (Å²) in [6.07, 6.45) is -0.269. The van der Waals surface area contributed by atoms with Crippen LogP contribution in [-0.4, -0.2) is 32.1 Å². The number of carboxylic acids is 1. The molecular weight excluding hydrogens is 483 g/mol. The number of aliphatic carboxylic acids is 1. The zero-order valence-corrected chi connectivity index (χ0v) is 20.5. The van der Waals surface area contributed by atoms with E-state index in [-0.39, 0.29) is 25.4 Å². The van der Waals surface area contributed by atoms with Crippen molar-refractivity contribution in [1.29, 1.82) is 0 Å². The van der Waals surface area contributed by atoms with E-state index >= 15 is 0 Å². The average molecular weight is 509 g/mol. The number of nitrogens with zero attached hydrogens (tertiary/aromatic N) is 2. The second-order valence-electron chi connectivity index (χ2n) is 8.49. The van der Waals surface area contributed by atoms with Gasteiger partial charge in [-0.05, 0) is 60.0 Å². The molecule has 0 radical (unpaired) electrons. The Kier molecular flexibility index (Phi) is 8.03. The number of rotatable bonds is 10. The Hall–Kier alpha value is -3.68. The van der Waals surface area contributed by atoms with E-state index in [9.17, 15) is 19.4 Å². The molecule has 3 aromatic carbocycles. The molecule has 0 spiro atoms. The maximum absolute atomic E-state index is 14.0. The molecule has 1 aromatic heterocycles. The molecule has 1 unspecified atom stereocenters. The van der Waals surface area contributed by atoms with Crippen LogP contribution >= 0.6 is 11.6 Å². The number of benzene rings is 3. The largest absolute Gasteiger partial charge is 0.488 e. The number of aliphatic hydroxyl groups is 1. The summed E-state index contributed by atoms with van der Waals surface area (Å²) in [7, 11) is 0. The van der Waals surface area contributed by atoms with Gasteiger partial charge in [-0.2, -0.15) is 5.10 Å². The third-order valence-electron chi connectivity index (χ3n) is 5.71. The molecule has 1 heterocycles. The van der Waals surface area contributed by atoms with Crippen LogP contribution in [0, 0.1) is 5.82 Å². The molecule has 6 nitrogen and oxygen atoms in total. The molecule has 0 bridgehead atoms. The van der Waals surface area contributed by atoms with Crippen molar-refractivity contribution in [2.24, 2.45) is 0 Å². The third-order valence-corrected chi connectivity index (χ3v) is 5.95. The Labute approximate surface area is 213 Å². The fourth-order valence-corrected chi connectivity index (χ4v) is 4.08. The number of ether oxygens (including phenoxy) is 1. The van der Waals surface area contributed by atoms with E-state index in [4.69, 9.17) is 21.4 Å². The first-order valence-corrected chi connectivity index (χ1v) is 11.9. The van der Waals surface area contributed by atoms with Gasteiger partial charge in [-0.3, -0.25) is 9.48 Å². The van der Waals surface area contributed by atoms with Crippen molar-refractivity contribution in [3.63, 3.8) is 0 Å². The minimum atomic E-state index is -0.953. The van der Waals surface area contributed by atoms with Crippen LogP contribution in [0.1, 0.15) is 24.5 Å². The van der Waals surface area contributed by atoms with Crippen molar-refractivity contribution in [3.8, 4) is 28.3 Å². The second-order valence-corrected chi connectivity index (χ2v) is 8.93. The van der Waals surface area contributed by atoms with Gasteiger partial charge >= 0.3 is 5.97 Å². The number of hydrogen-bond acceptors (Lipinski definition) is 4. The standard InChI is InChI=1S/C28H26ClFN2O4/c1-2-23(33)16-32-26(20-6-4-8-22(30)14-20)15-25(31-32)24-12-18(13-28(34)35)9-10-27(24)36-17-19-5-3-7-21(29)11-19/h3-12,14-15,23,33H,2,13,16-17H2,1H3,(H,34,35). The van der Waals surface area contributed by atoms with Gasteiger partial charge in [0.25, 0.3) is 0 Å². The lowest BCUT2D eigenvalue weighted by atomic mass is 10.0. The van der Waals surface area contributed by atoms with E-state index in [2.05, 4.69) is 0 Å². The van der Waals surface area contributed by atoms with Gasteiger partial charge in [-0.25, -0.2) is 4.39 Å². The quantitative estimate of drug-likeness (QED) is 0.275. The molecule has 4 rings (SSSR count). The molecule has 4 aromatic rings. The fourth-order valence-electron chi connectivity index (χ4n) is 3.87. The van der Waals surface area contributed by atoms with Crippen LogP contribution in [-0.2, 0) is 24.4 Å². The van der Waals surface area contributed by atoms with E-state index in [1.165, 1.54) is 12.1 Å². The van der Waals surface area contributed by atoms with Gasteiger partial charge in [0, 0.05) is 16.1 Å². The zero-order chi connectivity index (χ0) is 25.7. The Balaban J connectivity index is 1.78. The van der Waals surface area contributed by atoms with Gasteiger partial charge < -0.3 is 14.9 Å².